The van der Waals surface area contributed by atoms with E-state index in [0.29, 0.717) is 12.1 Å². The van der Waals surface area contributed by atoms with Crippen LogP contribution in [0.4, 0.5) is 0 Å². The molecule has 2 aromatic heterocycles. The second-order valence-electron chi connectivity index (χ2n) is 8.06. The molecular formula is C26H22N2O3. The molecule has 0 fully saturated rings. The van der Waals surface area contributed by atoms with Gasteiger partial charge in [0.1, 0.15) is 5.69 Å². The van der Waals surface area contributed by atoms with Crippen LogP contribution in [0.15, 0.2) is 71.5 Å². The third-order valence-electron chi connectivity index (χ3n) is 5.96. The van der Waals surface area contributed by atoms with Crippen LogP contribution in [0.25, 0.3) is 22.5 Å². The Hall–Kier alpha value is -3.86. The molecule has 0 radical (unpaired) electrons. The van der Waals surface area contributed by atoms with Crippen LogP contribution in [-0.4, -0.2) is 20.6 Å². The molecule has 2 aromatic carbocycles. The number of aromatic carboxylic acids is 1. The number of hydrogen-bond donors (Lipinski definition) is 2. The van der Waals surface area contributed by atoms with Gasteiger partial charge in [0.05, 0.1) is 11.4 Å². The first kappa shape index (κ1) is 19.1. The van der Waals surface area contributed by atoms with Gasteiger partial charge in [-0.15, -0.1) is 0 Å². The van der Waals surface area contributed by atoms with Crippen molar-refractivity contribution in [3.8, 4) is 22.5 Å². The zero-order chi connectivity index (χ0) is 21.5. The summed E-state index contributed by atoms with van der Waals surface area (Å²) in [6.45, 7) is 2.45. The van der Waals surface area contributed by atoms with E-state index in [1.165, 1.54) is 0 Å². The van der Waals surface area contributed by atoms with Crippen molar-refractivity contribution in [2.24, 2.45) is 0 Å². The number of nitrogens with one attached hydrogen (secondary N) is 1. The average Bonchev–Trinajstić information content (AvgIpc) is 3.14. The fraction of sp³-hybridized carbons (Fsp3) is 0.154. The zero-order valence-corrected chi connectivity index (χ0v) is 17.2. The summed E-state index contributed by atoms with van der Waals surface area (Å²) >= 11 is 0. The van der Waals surface area contributed by atoms with Gasteiger partial charge in [-0.1, -0.05) is 60.2 Å². The van der Waals surface area contributed by atoms with Crippen molar-refractivity contribution in [1.29, 1.82) is 0 Å². The van der Waals surface area contributed by atoms with Crippen LogP contribution in [-0.2, 0) is 19.4 Å². The third-order valence-corrected chi connectivity index (χ3v) is 5.96. The molecule has 4 aromatic rings. The van der Waals surface area contributed by atoms with Gasteiger partial charge in [0.2, 0.25) is 0 Å². The molecule has 0 saturated heterocycles. The van der Waals surface area contributed by atoms with Crippen molar-refractivity contribution >= 4 is 5.97 Å². The number of benzene rings is 2. The van der Waals surface area contributed by atoms with Crippen molar-refractivity contribution in [1.82, 2.24) is 9.55 Å². The molecule has 5 nitrogen and oxygen atoms in total. The summed E-state index contributed by atoms with van der Waals surface area (Å²) in [6.07, 6.45) is 1.50. The second kappa shape index (κ2) is 7.43. The molecule has 2 N–H and O–H groups in total. The molecular weight excluding hydrogens is 388 g/mol. The lowest BCUT2D eigenvalue weighted by atomic mass is 9.92. The molecule has 154 valence electrons. The summed E-state index contributed by atoms with van der Waals surface area (Å²) in [7, 11) is 0. The van der Waals surface area contributed by atoms with E-state index in [1.807, 2.05) is 72.2 Å². The standard InChI is InChI=1S/C26H22N2O3/c1-16-7-9-17(10-8-16)15-28-22(26(30)31)14-20-12-11-19-13-21(18-5-3-2-4-6-18)25(29)27-23(19)24(20)28/h2-10,13-14H,11-12,15H2,1H3,(H,27,29)(H,30,31). The number of aryl methyl sites for hydroxylation is 3. The van der Waals surface area contributed by atoms with Crippen LogP contribution in [0.3, 0.4) is 0 Å². The number of carbonyl (C=O) groups is 1. The van der Waals surface area contributed by atoms with Gasteiger partial charge in [0, 0.05) is 12.1 Å². The Morgan fingerprint density at radius 2 is 1.71 bits per heavy atom. The fourth-order valence-corrected chi connectivity index (χ4v) is 4.39. The molecule has 0 amide bonds. The van der Waals surface area contributed by atoms with Crippen LogP contribution >= 0.6 is 0 Å². The number of pyridine rings is 1. The molecule has 5 heteroatoms. The zero-order valence-electron chi connectivity index (χ0n) is 17.2. The van der Waals surface area contributed by atoms with Crippen LogP contribution in [0, 0.1) is 6.92 Å². The smallest absolute Gasteiger partial charge is 0.352 e. The first-order valence-electron chi connectivity index (χ1n) is 10.3. The normalized spacial score (nSPS) is 12.3. The summed E-state index contributed by atoms with van der Waals surface area (Å²) in [5, 5.41) is 9.84. The van der Waals surface area contributed by atoms with E-state index in [2.05, 4.69) is 4.98 Å². The topological polar surface area (TPSA) is 75.1 Å². The summed E-state index contributed by atoms with van der Waals surface area (Å²) in [5.41, 5.74) is 7.27. The van der Waals surface area contributed by atoms with Gasteiger partial charge >= 0.3 is 5.97 Å². The van der Waals surface area contributed by atoms with E-state index in [1.54, 1.807) is 6.07 Å². The van der Waals surface area contributed by atoms with E-state index < -0.39 is 5.97 Å². The maximum Gasteiger partial charge on any atom is 0.352 e. The first-order chi connectivity index (χ1) is 15.0. The highest BCUT2D eigenvalue weighted by Crippen LogP contribution is 2.36. The van der Waals surface area contributed by atoms with E-state index in [9.17, 15) is 14.7 Å². The number of carboxylic acids is 1. The predicted molar refractivity (Wildman–Crippen MR) is 121 cm³/mol. The molecule has 1 aliphatic rings. The van der Waals surface area contributed by atoms with Crippen molar-refractivity contribution in [3.05, 3.63) is 105 Å². The highest BCUT2D eigenvalue weighted by Gasteiger charge is 2.27. The first-order valence-corrected chi connectivity index (χ1v) is 10.3. The minimum Gasteiger partial charge on any atom is -0.477 e. The number of aromatic amines is 1. The van der Waals surface area contributed by atoms with Gasteiger partial charge in [-0.25, -0.2) is 4.79 Å². The van der Waals surface area contributed by atoms with E-state index in [4.69, 9.17) is 0 Å². The average molecular weight is 410 g/mol. The Morgan fingerprint density at radius 3 is 2.42 bits per heavy atom. The summed E-state index contributed by atoms with van der Waals surface area (Å²) in [5.74, 6) is -0.966. The molecule has 0 spiro atoms. The Kier molecular flexibility index (Phi) is 4.59. The van der Waals surface area contributed by atoms with Gasteiger partial charge in [-0.2, -0.15) is 0 Å². The molecule has 0 atom stereocenters. The number of rotatable bonds is 4. The highest BCUT2D eigenvalue weighted by atomic mass is 16.4. The van der Waals surface area contributed by atoms with Crippen molar-refractivity contribution in [2.75, 3.05) is 0 Å². The van der Waals surface area contributed by atoms with Crippen LogP contribution < -0.4 is 5.56 Å². The monoisotopic (exact) mass is 410 g/mol. The van der Waals surface area contributed by atoms with E-state index >= 15 is 0 Å². The predicted octanol–water partition coefficient (Wildman–Crippen LogP) is 4.66. The third kappa shape index (κ3) is 3.38. The molecule has 5 rings (SSSR count). The van der Waals surface area contributed by atoms with Crippen molar-refractivity contribution in [2.45, 2.75) is 26.3 Å². The summed E-state index contributed by atoms with van der Waals surface area (Å²) in [4.78, 5) is 28.0. The Labute approximate surface area is 179 Å². The van der Waals surface area contributed by atoms with Gasteiger partial charge < -0.3 is 14.7 Å². The second-order valence-corrected chi connectivity index (χ2v) is 8.06. The van der Waals surface area contributed by atoms with E-state index in [0.717, 1.165) is 52.0 Å². The summed E-state index contributed by atoms with van der Waals surface area (Å²) in [6, 6.07) is 21.4. The molecule has 0 unspecified atom stereocenters. The van der Waals surface area contributed by atoms with Crippen LogP contribution in [0.2, 0.25) is 0 Å². The fourth-order valence-electron chi connectivity index (χ4n) is 4.39. The van der Waals surface area contributed by atoms with Gasteiger partial charge in [0.15, 0.2) is 0 Å². The van der Waals surface area contributed by atoms with Gasteiger partial charge in [0.25, 0.3) is 5.56 Å². The number of fused-ring (bicyclic) bond motifs is 3. The molecule has 0 aliphatic heterocycles. The minimum atomic E-state index is -0.966. The molecule has 31 heavy (non-hydrogen) atoms. The largest absolute Gasteiger partial charge is 0.477 e. The molecule has 0 bridgehead atoms. The Bertz CT molecular complexity index is 1350. The lowest BCUT2D eigenvalue weighted by molar-refractivity contribution is 0.0686. The highest BCUT2D eigenvalue weighted by molar-refractivity contribution is 5.89. The van der Waals surface area contributed by atoms with Crippen LogP contribution in [0.5, 0.6) is 0 Å². The van der Waals surface area contributed by atoms with Crippen molar-refractivity contribution in [3.63, 3.8) is 0 Å². The maximum absolute atomic E-state index is 13.0. The maximum atomic E-state index is 13.0. The number of nitrogens with zero attached hydrogens (tertiary/aromatic N) is 1. The SMILES string of the molecule is Cc1ccc(Cn2c(C(=O)O)cc3c2-c2[nH]c(=O)c(-c4ccccc4)cc2CC3)cc1. The molecule has 0 saturated carbocycles. The lowest BCUT2D eigenvalue weighted by Gasteiger charge is -2.21. The van der Waals surface area contributed by atoms with Crippen molar-refractivity contribution < 1.29 is 9.90 Å². The van der Waals surface area contributed by atoms with E-state index in [-0.39, 0.29) is 11.3 Å². The quantitative estimate of drug-likeness (QED) is 0.514. The van der Waals surface area contributed by atoms with Gasteiger partial charge in [-0.05, 0) is 54.2 Å². The Balaban J connectivity index is 1.67. The minimum absolute atomic E-state index is 0.169. The summed E-state index contributed by atoms with van der Waals surface area (Å²) < 4.78 is 1.82. The number of H-pyrrole nitrogens is 1. The lowest BCUT2D eigenvalue weighted by Crippen LogP contribution is -2.18. The van der Waals surface area contributed by atoms with Crippen LogP contribution in [0.1, 0.15) is 32.7 Å². The molecule has 2 heterocycles. The van der Waals surface area contributed by atoms with Gasteiger partial charge in [-0.3, -0.25) is 4.79 Å². The Morgan fingerprint density at radius 1 is 1.00 bits per heavy atom. The number of hydrogen-bond acceptors (Lipinski definition) is 2. The number of aromatic nitrogens is 2. The number of carboxylic acid groups (broad SMARTS) is 1. The molecule has 1 aliphatic carbocycles.